The molecule has 170 valence electrons. The van der Waals surface area contributed by atoms with Crippen LogP contribution >= 0.6 is 23.4 Å². The van der Waals surface area contributed by atoms with Gasteiger partial charge in [-0.05, 0) is 72.6 Å². The van der Waals surface area contributed by atoms with Gasteiger partial charge in [0, 0.05) is 33.7 Å². The molecule has 0 unspecified atom stereocenters. The number of rotatable bonds is 5. The van der Waals surface area contributed by atoms with E-state index in [4.69, 9.17) is 11.6 Å². The number of para-hydroxylation sites is 1. The highest BCUT2D eigenvalue weighted by Crippen LogP contribution is 2.33. The topological polar surface area (TPSA) is 46.4 Å². The van der Waals surface area contributed by atoms with Crippen LogP contribution in [0.2, 0.25) is 5.02 Å². The number of carbonyl (C=O) groups excluding carboxylic acids is 1. The number of amidine groups is 1. The number of aromatic nitrogens is 1. The molecule has 4 nitrogen and oxygen atoms in total. The van der Waals surface area contributed by atoms with E-state index in [-0.39, 0.29) is 5.91 Å². The molecule has 0 saturated carbocycles. The number of hydrogen-bond donors (Lipinski definition) is 1. The molecule has 1 aromatic heterocycles. The number of benzene rings is 3. The van der Waals surface area contributed by atoms with Gasteiger partial charge in [0.2, 0.25) is 0 Å². The highest BCUT2D eigenvalue weighted by Gasteiger charge is 2.25. The quantitative estimate of drug-likeness (QED) is 0.306. The largest absolute Gasteiger partial charge is 0.340 e. The number of carbonyl (C=O) groups is 1. The van der Waals surface area contributed by atoms with Crippen LogP contribution in [0, 0.1) is 6.92 Å². The molecule has 0 radical (unpaired) electrons. The summed E-state index contributed by atoms with van der Waals surface area (Å²) >= 11 is 7.44. The van der Waals surface area contributed by atoms with Crippen molar-refractivity contribution in [3.63, 3.8) is 0 Å². The van der Waals surface area contributed by atoms with Gasteiger partial charge in [-0.3, -0.25) is 4.79 Å². The van der Waals surface area contributed by atoms with Gasteiger partial charge in [-0.15, -0.1) is 0 Å². The molecule has 1 N–H and O–H groups in total. The molecule has 0 bridgehead atoms. The molecule has 0 aliphatic carbocycles. The molecule has 0 spiro atoms. The first-order chi connectivity index (χ1) is 16.5. The summed E-state index contributed by atoms with van der Waals surface area (Å²) in [6, 6.07) is 24.3. The fraction of sp³-hybridized carbons (Fsp3) is 0.143. The zero-order valence-electron chi connectivity index (χ0n) is 19.0. The van der Waals surface area contributed by atoms with E-state index in [0.29, 0.717) is 10.1 Å². The lowest BCUT2D eigenvalue weighted by molar-refractivity contribution is -0.115. The Kier molecular flexibility index (Phi) is 6.31. The molecule has 2 heterocycles. The van der Waals surface area contributed by atoms with Crippen LogP contribution in [-0.2, 0) is 17.8 Å². The third-order valence-corrected chi connectivity index (χ3v) is 7.20. The summed E-state index contributed by atoms with van der Waals surface area (Å²) < 4.78 is 2.28. The van der Waals surface area contributed by atoms with Gasteiger partial charge in [-0.1, -0.05) is 61.0 Å². The molecular formula is C28H24ClN3OS. The molecule has 1 fully saturated rings. The summed E-state index contributed by atoms with van der Waals surface area (Å²) in [6.45, 7) is 4.95. The minimum absolute atomic E-state index is 0.122. The maximum atomic E-state index is 12.8. The van der Waals surface area contributed by atoms with Crippen LogP contribution in [0.1, 0.15) is 29.3 Å². The fourth-order valence-electron chi connectivity index (χ4n) is 4.15. The Bertz CT molecular complexity index is 1430. The SMILES string of the molecule is CCc1ccc(N=C2NC(=O)/C(=C/c3c(C)n(Cc4ccc(Cl)cc4)c4ccccc34)S2)cc1. The van der Waals surface area contributed by atoms with Crippen LogP contribution in [0.3, 0.4) is 0 Å². The predicted octanol–water partition coefficient (Wildman–Crippen LogP) is 7.11. The van der Waals surface area contributed by atoms with Gasteiger partial charge in [0.15, 0.2) is 5.17 Å². The normalized spacial score (nSPS) is 16.0. The zero-order valence-corrected chi connectivity index (χ0v) is 20.6. The van der Waals surface area contributed by atoms with Gasteiger partial charge in [0.1, 0.15) is 0 Å². The number of nitrogens with one attached hydrogen (secondary N) is 1. The molecule has 6 heteroatoms. The van der Waals surface area contributed by atoms with E-state index in [9.17, 15) is 4.79 Å². The molecule has 3 aromatic carbocycles. The molecule has 1 aliphatic rings. The second-order valence-corrected chi connectivity index (χ2v) is 9.70. The monoisotopic (exact) mass is 485 g/mol. The van der Waals surface area contributed by atoms with Crippen LogP contribution in [0.15, 0.2) is 82.7 Å². The second-order valence-electron chi connectivity index (χ2n) is 8.23. The Morgan fingerprint density at radius 2 is 1.71 bits per heavy atom. The maximum absolute atomic E-state index is 12.8. The van der Waals surface area contributed by atoms with E-state index in [1.54, 1.807) is 0 Å². The van der Waals surface area contributed by atoms with Crippen LogP contribution in [-0.4, -0.2) is 15.6 Å². The van der Waals surface area contributed by atoms with Crippen molar-refractivity contribution in [3.8, 4) is 0 Å². The van der Waals surface area contributed by atoms with Crippen LogP contribution in [0.4, 0.5) is 5.69 Å². The van der Waals surface area contributed by atoms with Crippen molar-refractivity contribution in [2.24, 2.45) is 4.99 Å². The fourth-order valence-corrected chi connectivity index (χ4v) is 5.10. The van der Waals surface area contributed by atoms with Crippen molar-refractivity contribution in [2.45, 2.75) is 26.8 Å². The zero-order chi connectivity index (χ0) is 23.7. The van der Waals surface area contributed by atoms with Gasteiger partial charge in [0.05, 0.1) is 10.6 Å². The maximum Gasteiger partial charge on any atom is 0.264 e. The van der Waals surface area contributed by atoms with Gasteiger partial charge < -0.3 is 9.88 Å². The third kappa shape index (κ3) is 4.54. The van der Waals surface area contributed by atoms with Crippen molar-refractivity contribution >= 4 is 57.1 Å². The first-order valence-electron chi connectivity index (χ1n) is 11.2. The van der Waals surface area contributed by atoms with Crippen LogP contribution in [0.5, 0.6) is 0 Å². The minimum atomic E-state index is -0.122. The van der Waals surface area contributed by atoms with E-state index in [0.717, 1.165) is 45.8 Å². The Hall–Kier alpha value is -3.28. The first-order valence-corrected chi connectivity index (χ1v) is 12.4. The van der Waals surface area contributed by atoms with E-state index >= 15 is 0 Å². The number of fused-ring (bicyclic) bond motifs is 1. The Labute approximate surface area is 208 Å². The molecule has 0 atom stereocenters. The summed E-state index contributed by atoms with van der Waals surface area (Å²) in [4.78, 5) is 18.0. The van der Waals surface area contributed by atoms with Gasteiger partial charge in [-0.25, -0.2) is 4.99 Å². The minimum Gasteiger partial charge on any atom is -0.340 e. The lowest BCUT2D eigenvalue weighted by atomic mass is 10.1. The van der Waals surface area contributed by atoms with E-state index in [2.05, 4.69) is 53.0 Å². The van der Waals surface area contributed by atoms with Gasteiger partial charge in [0.25, 0.3) is 5.91 Å². The molecule has 5 rings (SSSR count). The Morgan fingerprint density at radius 3 is 2.44 bits per heavy atom. The molecule has 1 amide bonds. The van der Waals surface area contributed by atoms with Crippen molar-refractivity contribution < 1.29 is 4.79 Å². The summed E-state index contributed by atoms with van der Waals surface area (Å²) in [7, 11) is 0. The smallest absolute Gasteiger partial charge is 0.264 e. The molecular weight excluding hydrogens is 462 g/mol. The van der Waals surface area contributed by atoms with Crippen molar-refractivity contribution in [2.75, 3.05) is 0 Å². The molecule has 4 aromatic rings. The molecule has 1 saturated heterocycles. The Balaban J connectivity index is 1.48. The first kappa shape index (κ1) is 22.5. The third-order valence-electron chi connectivity index (χ3n) is 6.04. The average molecular weight is 486 g/mol. The number of thioether (sulfide) groups is 1. The highest BCUT2D eigenvalue weighted by atomic mass is 35.5. The van der Waals surface area contributed by atoms with Gasteiger partial charge in [-0.2, -0.15) is 0 Å². The van der Waals surface area contributed by atoms with Crippen LogP contribution in [0.25, 0.3) is 17.0 Å². The molecule has 1 aliphatic heterocycles. The number of halogens is 1. The van der Waals surface area contributed by atoms with Crippen molar-refractivity contribution in [1.29, 1.82) is 0 Å². The number of aliphatic imine (C=N–C) groups is 1. The summed E-state index contributed by atoms with van der Waals surface area (Å²) in [5.74, 6) is -0.122. The molecule has 34 heavy (non-hydrogen) atoms. The summed E-state index contributed by atoms with van der Waals surface area (Å²) in [5.41, 5.74) is 6.56. The average Bonchev–Trinajstić information content (AvgIpc) is 3.32. The number of amides is 1. The predicted molar refractivity (Wildman–Crippen MR) is 144 cm³/mol. The van der Waals surface area contributed by atoms with Gasteiger partial charge >= 0.3 is 0 Å². The summed E-state index contributed by atoms with van der Waals surface area (Å²) in [6.07, 6.45) is 2.97. The van der Waals surface area contributed by atoms with Crippen molar-refractivity contribution in [3.05, 3.63) is 105 Å². The lowest BCUT2D eigenvalue weighted by Crippen LogP contribution is -2.19. The number of aryl methyl sites for hydroxylation is 1. The lowest BCUT2D eigenvalue weighted by Gasteiger charge is -2.09. The number of hydrogen-bond acceptors (Lipinski definition) is 3. The van der Waals surface area contributed by atoms with Crippen molar-refractivity contribution in [1.82, 2.24) is 9.88 Å². The Morgan fingerprint density at radius 1 is 1.00 bits per heavy atom. The highest BCUT2D eigenvalue weighted by molar-refractivity contribution is 8.18. The summed E-state index contributed by atoms with van der Waals surface area (Å²) in [5, 5.41) is 5.36. The van der Waals surface area contributed by atoms with E-state index in [1.165, 1.54) is 22.9 Å². The van der Waals surface area contributed by atoms with E-state index < -0.39 is 0 Å². The van der Waals surface area contributed by atoms with Crippen LogP contribution < -0.4 is 5.32 Å². The van der Waals surface area contributed by atoms with E-state index in [1.807, 2.05) is 54.6 Å². The standard InChI is InChI=1S/C28H24ClN3OS/c1-3-19-10-14-22(15-11-19)30-28-31-27(33)26(34-28)16-24-18(2)32(25-7-5-4-6-23(24)25)17-20-8-12-21(29)13-9-20/h4-16H,3,17H2,1-2H3,(H,30,31,33)/b26-16-. The number of nitrogens with zero attached hydrogens (tertiary/aromatic N) is 2. The second kappa shape index (κ2) is 9.53.